The van der Waals surface area contributed by atoms with Gasteiger partial charge in [0.1, 0.15) is 11.8 Å². The SMILES string of the molecule is COc1ccc(C(C#N)N2CCN(S(=O)(=O)Cc3ccccc3C)CC2)cc1. The second-order valence-corrected chi connectivity index (χ2v) is 8.89. The van der Waals surface area contributed by atoms with Gasteiger partial charge in [0, 0.05) is 26.2 Å². The Morgan fingerprint density at radius 3 is 2.29 bits per heavy atom. The van der Waals surface area contributed by atoms with Crippen LogP contribution in [0.3, 0.4) is 0 Å². The lowest BCUT2D eigenvalue weighted by molar-refractivity contribution is 0.162. The summed E-state index contributed by atoms with van der Waals surface area (Å²) in [7, 11) is -1.78. The summed E-state index contributed by atoms with van der Waals surface area (Å²) in [5.41, 5.74) is 2.70. The average molecular weight is 400 g/mol. The molecule has 1 saturated heterocycles. The van der Waals surface area contributed by atoms with Crippen LogP contribution in [0.1, 0.15) is 22.7 Å². The zero-order valence-electron chi connectivity index (χ0n) is 16.2. The van der Waals surface area contributed by atoms with Gasteiger partial charge in [-0.15, -0.1) is 0 Å². The van der Waals surface area contributed by atoms with Crippen molar-refractivity contribution >= 4 is 10.0 Å². The zero-order chi connectivity index (χ0) is 20.1. The fourth-order valence-corrected chi connectivity index (χ4v) is 5.07. The quantitative estimate of drug-likeness (QED) is 0.747. The van der Waals surface area contributed by atoms with E-state index in [9.17, 15) is 13.7 Å². The molecule has 2 aromatic rings. The maximum Gasteiger partial charge on any atom is 0.218 e. The molecule has 2 aromatic carbocycles. The molecule has 1 fully saturated rings. The van der Waals surface area contributed by atoms with E-state index >= 15 is 0 Å². The Hall–Kier alpha value is -2.40. The Morgan fingerprint density at radius 2 is 1.71 bits per heavy atom. The lowest BCUT2D eigenvalue weighted by atomic mass is 10.1. The molecule has 3 rings (SSSR count). The molecule has 1 aliphatic heterocycles. The van der Waals surface area contributed by atoms with Crippen molar-refractivity contribution in [1.29, 1.82) is 5.26 Å². The number of ether oxygens (including phenoxy) is 1. The highest BCUT2D eigenvalue weighted by molar-refractivity contribution is 7.88. The van der Waals surface area contributed by atoms with Crippen LogP contribution in [0, 0.1) is 18.3 Å². The highest BCUT2D eigenvalue weighted by Gasteiger charge is 2.30. The second-order valence-electron chi connectivity index (χ2n) is 6.92. The molecule has 0 radical (unpaired) electrons. The lowest BCUT2D eigenvalue weighted by Crippen LogP contribution is -2.49. The summed E-state index contributed by atoms with van der Waals surface area (Å²) in [6.45, 7) is 3.76. The summed E-state index contributed by atoms with van der Waals surface area (Å²) in [6, 6.07) is 16.9. The molecule has 28 heavy (non-hydrogen) atoms. The van der Waals surface area contributed by atoms with Crippen LogP contribution < -0.4 is 4.74 Å². The molecule has 1 aliphatic rings. The smallest absolute Gasteiger partial charge is 0.218 e. The van der Waals surface area contributed by atoms with Crippen LogP contribution in [0.25, 0.3) is 0 Å². The van der Waals surface area contributed by atoms with E-state index in [1.54, 1.807) is 11.4 Å². The fourth-order valence-electron chi connectivity index (χ4n) is 3.45. The minimum atomic E-state index is -3.38. The van der Waals surface area contributed by atoms with Crippen molar-refractivity contribution in [3.05, 3.63) is 65.2 Å². The molecule has 7 heteroatoms. The van der Waals surface area contributed by atoms with E-state index < -0.39 is 16.1 Å². The summed E-state index contributed by atoms with van der Waals surface area (Å²) in [5.74, 6) is 0.757. The summed E-state index contributed by atoms with van der Waals surface area (Å²) in [4.78, 5) is 2.03. The molecule has 0 spiro atoms. The number of sulfonamides is 1. The summed E-state index contributed by atoms with van der Waals surface area (Å²) < 4.78 is 32.4. The normalized spacial score (nSPS) is 17.0. The third-order valence-corrected chi connectivity index (χ3v) is 7.01. The van der Waals surface area contributed by atoms with Gasteiger partial charge in [0.2, 0.25) is 10.0 Å². The van der Waals surface area contributed by atoms with Gasteiger partial charge in [0.05, 0.1) is 18.9 Å². The topological polar surface area (TPSA) is 73.6 Å². The highest BCUT2D eigenvalue weighted by Crippen LogP contribution is 2.25. The van der Waals surface area contributed by atoms with E-state index in [1.807, 2.05) is 60.4 Å². The Kier molecular flexibility index (Phi) is 6.35. The van der Waals surface area contributed by atoms with Crippen molar-refractivity contribution in [2.45, 2.75) is 18.7 Å². The van der Waals surface area contributed by atoms with Crippen molar-refractivity contribution < 1.29 is 13.2 Å². The van der Waals surface area contributed by atoms with E-state index in [2.05, 4.69) is 6.07 Å². The number of piperazine rings is 1. The standard InChI is InChI=1S/C21H25N3O3S/c1-17-5-3-4-6-19(17)16-28(25,26)24-13-11-23(12-14-24)21(15-22)18-7-9-20(27-2)10-8-18/h3-10,21H,11-14,16H2,1-2H3. The van der Waals surface area contributed by atoms with Crippen LogP contribution >= 0.6 is 0 Å². The number of methoxy groups -OCH3 is 1. The van der Waals surface area contributed by atoms with Crippen LogP contribution in [0.4, 0.5) is 0 Å². The van der Waals surface area contributed by atoms with E-state index in [1.165, 1.54) is 0 Å². The summed E-state index contributed by atoms with van der Waals surface area (Å²) in [6.07, 6.45) is 0. The summed E-state index contributed by atoms with van der Waals surface area (Å²) in [5, 5.41) is 9.65. The van der Waals surface area contributed by atoms with Crippen molar-refractivity contribution in [2.75, 3.05) is 33.3 Å². The van der Waals surface area contributed by atoms with Crippen LogP contribution in [0.2, 0.25) is 0 Å². The van der Waals surface area contributed by atoms with Gasteiger partial charge in [-0.3, -0.25) is 4.90 Å². The third-order valence-electron chi connectivity index (χ3n) is 5.18. The molecule has 1 unspecified atom stereocenters. The molecular formula is C21H25N3O3S. The maximum atomic E-state index is 12.8. The van der Waals surface area contributed by atoms with Gasteiger partial charge in [-0.05, 0) is 35.7 Å². The van der Waals surface area contributed by atoms with Crippen LogP contribution in [0.15, 0.2) is 48.5 Å². The first-order valence-corrected chi connectivity index (χ1v) is 10.9. The van der Waals surface area contributed by atoms with Crippen LogP contribution in [-0.2, 0) is 15.8 Å². The van der Waals surface area contributed by atoms with Crippen molar-refractivity contribution in [1.82, 2.24) is 9.21 Å². The van der Waals surface area contributed by atoms with E-state index in [4.69, 9.17) is 4.74 Å². The lowest BCUT2D eigenvalue weighted by Gasteiger charge is -2.36. The molecule has 0 aromatic heterocycles. The molecule has 0 amide bonds. The number of rotatable bonds is 6. The Balaban J connectivity index is 1.65. The fraction of sp³-hybridized carbons (Fsp3) is 0.381. The number of hydrogen-bond donors (Lipinski definition) is 0. The first kappa shape index (κ1) is 20.3. The van der Waals surface area contributed by atoms with E-state index in [0.717, 1.165) is 22.4 Å². The zero-order valence-corrected chi connectivity index (χ0v) is 17.0. The number of benzene rings is 2. The van der Waals surface area contributed by atoms with Crippen molar-refractivity contribution in [2.24, 2.45) is 0 Å². The first-order valence-electron chi connectivity index (χ1n) is 9.24. The molecule has 1 atom stereocenters. The molecular weight excluding hydrogens is 374 g/mol. The van der Waals surface area contributed by atoms with Gasteiger partial charge < -0.3 is 4.74 Å². The monoisotopic (exact) mass is 399 g/mol. The number of nitriles is 1. The molecule has 148 valence electrons. The van der Waals surface area contributed by atoms with Crippen molar-refractivity contribution in [3.8, 4) is 11.8 Å². The van der Waals surface area contributed by atoms with Gasteiger partial charge in [0.25, 0.3) is 0 Å². The minimum Gasteiger partial charge on any atom is -0.497 e. The molecule has 6 nitrogen and oxygen atoms in total. The predicted molar refractivity (Wildman–Crippen MR) is 108 cm³/mol. The first-order chi connectivity index (χ1) is 13.4. The maximum absolute atomic E-state index is 12.8. The molecule has 0 saturated carbocycles. The van der Waals surface area contributed by atoms with E-state index in [-0.39, 0.29) is 5.75 Å². The van der Waals surface area contributed by atoms with Crippen LogP contribution in [0.5, 0.6) is 5.75 Å². The molecule has 0 aliphatic carbocycles. The Labute approximate surface area is 167 Å². The number of hydrogen-bond acceptors (Lipinski definition) is 5. The average Bonchev–Trinajstić information content (AvgIpc) is 2.71. The van der Waals surface area contributed by atoms with Gasteiger partial charge in [-0.2, -0.15) is 9.57 Å². The number of nitrogens with zero attached hydrogens (tertiary/aromatic N) is 3. The molecule has 0 bridgehead atoms. The largest absolute Gasteiger partial charge is 0.497 e. The summed E-state index contributed by atoms with van der Waals surface area (Å²) >= 11 is 0. The van der Waals surface area contributed by atoms with Crippen molar-refractivity contribution in [3.63, 3.8) is 0 Å². The Bertz CT molecular complexity index is 944. The van der Waals surface area contributed by atoms with Gasteiger partial charge in [-0.25, -0.2) is 8.42 Å². The third kappa shape index (κ3) is 4.53. The van der Waals surface area contributed by atoms with Gasteiger partial charge in [0.15, 0.2) is 0 Å². The van der Waals surface area contributed by atoms with Gasteiger partial charge >= 0.3 is 0 Å². The van der Waals surface area contributed by atoms with E-state index in [0.29, 0.717) is 26.2 Å². The highest BCUT2D eigenvalue weighted by atomic mass is 32.2. The molecule has 0 N–H and O–H groups in total. The minimum absolute atomic E-state index is 0.0137. The van der Waals surface area contributed by atoms with Gasteiger partial charge in [-0.1, -0.05) is 36.4 Å². The Morgan fingerprint density at radius 1 is 1.07 bits per heavy atom. The molecule has 1 heterocycles. The predicted octanol–water partition coefficient (Wildman–Crippen LogP) is 2.72. The number of aryl methyl sites for hydroxylation is 1. The van der Waals surface area contributed by atoms with Crippen LogP contribution in [-0.4, -0.2) is 50.9 Å². The second kappa shape index (κ2) is 8.74.